The van der Waals surface area contributed by atoms with Gasteiger partial charge in [-0.2, -0.15) is 0 Å². The van der Waals surface area contributed by atoms with E-state index in [4.69, 9.17) is 10.2 Å². The molecule has 1 aromatic rings. The Kier molecular flexibility index (Phi) is 4.12. The zero-order valence-electron chi connectivity index (χ0n) is 8.66. The predicted molar refractivity (Wildman–Crippen MR) is 58.4 cm³/mol. The fourth-order valence-electron chi connectivity index (χ4n) is 1.43. The van der Waals surface area contributed by atoms with Crippen molar-refractivity contribution in [1.82, 2.24) is 0 Å². The Hall–Kier alpha value is -1.55. The van der Waals surface area contributed by atoms with E-state index in [1.807, 2.05) is 6.07 Å². The fourth-order valence-corrected chi connectivity index (χ4v) is 1.43. The molecule has 0 atom stereocenters. The summed E-state index contributed by atoms with van der Waals surface area (Å²) >= 11 is 0. The molecule has 0 heterocycles. The Balaban J connectivity index is 2.94. The van der Waals surface area contributed by atoms with Gasteiger partial charge in [-0.25, -0.2) is 4.79 Å². The zero-order valence-corrected chi connectivity index (χ0v) is 8.66. The third-order valence-electron chi connectivity index (χ3n) is 2.21. The molecule has 0 aromatic heterocycles. The van der Waals surface area contributed by atoms with Crippen LogP contribution in [0, 0.1) is 0 Å². The van der Waals surface area contributed by atoms with E-state index in [1.54, 1.807) is 19.2 Å². The molecule has 0 amide bonds. The third-order valence-corrected chi connectivity index (χ3v) is 2.21. The summed E-state index contributed by atoms with van der Waals surface area (Å²) < 4.78 is 0. The predicted octanol–water partition coefficient (Wildman–Crippen LogP) is 1.35. The molecule has 0 saturated carbocycles. The molecule has 15 heavy (non-hydrogen) atoms. The molecule has 4 heteroatoms. The quantitative estimate of drug-likeness (QED) is 0.684. The van der Waals surface area contributed by atoms with Crippen molar-refractivity contribution in [2.45, 2.75) is 12.8 Å². The van der Waals surface area contributed by atoms with Crippen LogP contribution in [-0.4, -0.2) is 29.8 Å². The molecule has 1 aromatic carbocycles. The molecule has 0 aliphatic carbocycles. The van der Waals surface area contributed by atoms with E-state index in [2.05, 4.69) is 5.32 Å². The molecular weight excluding hydrogens is 194 g/mol. The van der Waals surface area contributed by atoms with Gasteiger partial charge in [0.15, 0.2) is 0 Å². The Morgan fingerprint density at radius 3 is 2.73 bits per heavy atom. The zero-order chi connectivity index (χ0) is 11.3. The van der Waals surface area contributed by atoms with Gasteiger partial charge in [0.05, 0.1) is 5.56 Å². The molecule has 1 rings (SSSR count). The lowest BCUT2D eigenvalue weighted by molar-refractivity contribution is 0.0698. The summed E-state index contributed by atoms with van der Waals surface area (Å²) in [6, 6.07) is 5.26. The second kappa shape index (κ2) is 5.36. The van der Waals surface area contributed by atoms with Gasteiger partial charge < -0.3 is 15.5 Å². The van der Waals surface area contributed by atoms with Crippen molar-refractivity contribution in [3.63, 3.8) is 0 Å². The first kappa shape index (κ1) is 11.5. The van der Waals surface area contributed by atoms with Crippen LogP contribution >= 0.6 is 0 Å². The number of carboxylic acids is 1. The number of aliphatic hydroxyl groups is 1. The van der Waals surface area contributed by atoms with Gasteiger partial charge in [-0.3, -0.25) is 0 Å². The van der Waals surface area contributed by atoms with Crippen molar-refractivity contribution in [3.8, 4) is 0 Å². The van der Waals surface area contributed by atoms with Gasteiger partial charge in [0.2, 0.25) is 0 Å². The summed E-state index contributed by atoms with van der Waals surface area (Å²) in [6.45, 7) is 0.121. The number of anilines is 1. The first-order valence-electron chi connectivity index (χ1n) is 4.84. The van der Waals surface area contributed by atoms with E-state index in [-0.39, 0.29) is 12.2 Å². The van der Waals surface area contributed by atoms with E-state index < -0.39 is 5.97 Å². The van der Waals surface area contributed by atoms with Gasteiger partial charge in [-0.1, -0.05) is 6.07 Å². The van der Waals surface area contributed by atoms with Gasteiger partial charge in [0, 0.05) is 19.3 Å². The molecule has 0 radical (unpaired) electrons. The van der Waals surface area contributed by atoms with Crippen LogP contribution in [0.4, 0.5) is 5.69 Å². The summed E-state index contributed by atoms with van der Waals surface area (Å²) in [6.07, 6.45) is 1.35. The van der Waals surface area contributed by atoms with Crippen molar-refractivity contribution in [2.24, 2.45) is 0 Å². The van der Waals surface area contributed by atoms with Crippen molar-refractivity contribution >= 4 is 11.7 Å². The molecule has 0 unspecified atom stereocenters. The van der Waals surface area contributed by atoms with E-state index in [0.717, 1.165) is 5.56 Å². The maximum Gasteiger partial charge on any atom is 0.337 e. The number of nitrogens with one attached hydrogen (secondary N) is 1. The highest BCUT2D eigenvalue weighted by Crippen LogP contribution is 2.17. The normalized spacial score (nSPS) is 10.0. The van der Waals surface area contributed by atoms with Crippen LogP contribution in [0.1, 0.15) is 22.3 Å². The molecule has 4 nitrogen and oxygen atoms in total. The number of hydrogen-bond donors (Lipinski definition) is 3. The van der Waals surface area contributed by atoms with Crippen LogP contribution < -0.4 is 5.32 Å². The van der Waals surface area contributed by atoms with Crippen molar-refractivity contribution in [3.05, 3.63) is 29.3 Å². The molecule has 0 aliphatic heterocycles. The summed E-state index contributed by atoms with van der Waals surface area (Å²) in [5, 5.41) is 20.5. The Morgan fingerprint density at radius 1 is 1.47 bits per heavy atom. The number of benzene rings is 1. The van der Waals surface area contributed by atoms with E-state index >= 15 is 0 Å². The minimum absolute atomic E-state index is 0.121. The first-order valence-corrected chi connectivity index (χ1v) is 4.84. The van der Waals surface area contributed by atoms with Gasteiger partial charge >= 0.3 is 5.97 Å². The van der Waals surface area contributed by atoms with E-state index in [0.29, 0.717) is 18.5 Å². The second-order valence-corrected chi connectivity index (χ2v) is 3.26. The van der Waals surface area contributed by atoms with Crippen molar-refractivity contribution < 1.29 is 15.0 Å². The number of hydrogen-bond acceptors (Lipinski definition) is 3. The van der Waals surface area contributed by atoms with Crippen LogP contribution in [0.3, 0.4) is 0 Å². The van der Waals surface area contributed by atoms with Gasteiger partial charge in [0.1, 0.15) is 0 Å². The molecule has 82 valence electrons. The average Bonchev–Trinajstić information content (AvgIpc) is 2.25. The number of aliphatic hydroxyl groups excluding tert-OH is 1. The minimum Gasteiger partial charge on any atom is -0.478 e. The highest BCUT2D eigenvalue weighted by molar-refractivity contribution is 5.94. The summed E-state index contributed by atoms with van der Waals surface area (Å²) in [4.78, 5) is 10.9. The maximum absolute atomic E-state index is 10.9. The SMILES string of the molecule is CNc1ccc(CCCO)cc1C(=O)O. The van der Waals surface area contributed by atoms with Crippen LogP contribution in [0.15, 0.2) is 18.2 Å². The summed E-state index contributed by atoms with van der Waals surface area (Å²) in [7, 11) is 1.69. The Labute approximate surface area is 88.6 Å². The minimum atomic E-state index is -0.940. The van der Waals surface area contributed by atoms with E-state index in [1.165, 1.54) is 0 Å². The number of carboxylic acid groups (broad SMARTS) is 1. The fraction of sp³-hybridized carbons (Fsp3) is 0.364. The monoisotopic (exact) mass is 209 g/mol. The number of carbonyl (C=O) groups is 1. The molecule has 0 bridgehead atoms. The lowest BCUT2D eigenvalue weighted by Gasteiger charge is -2.07. The Morgan fingerprint density at radius 2 is 2.20 bits per heavy atom. The van der Waals surface area contributed by atoms with Gasteiger partial charge in [-0.15, -0.1) is 0 Å². The number of aromatic carboxylic acids is 1. The Bertz CT molecular complexity index is 350. The standard InChI is InChI=1S/C11H15NO3/c1-12-10-5-4-8(3-2-6-13)7-9(10)11(14)15/h4-5,7,12-13H,2-3,6H2,1H3,(H,14,15). The lowest BCUT2D eigenvalue weighted by Crippen LogP contribution is -2.04. The molecule has 0 fully saturated rings. The highest BCUT2D eigenvalue weighted by atomic mass is 16.4. The molecule has 0 saturated heterocycles. The smallest absolute Gasteiger partial charge is 0.337 e. The topological polar surface area (TPSA) is 69.6 Å². The lowest BCUT2D eigenvalue weighted by atomic mass is 10.0. The number of aryl methyl sites for hydroxylation is 1. The summed E-state index contributed by atoms with van der Waals surface area (Å²) in [5.74, 6) is -0.940. The maximum atomic E-state index is 10.9. The summed E-state index contributed by atoms with van der Waals surface area (Å²) in [5.41, 5.74) is 1.81. The van der Waals surface area contributed by atoms with Crippen LogP contribution in [0.25, 0.3) is 0 Å². The molecule has 0 spiro atoms. The van der Waals surface area contributed by atoms with Crippen LogP contribution in [-0.2, 0) is 6.42 Å². The van der Waals surface area contributed by atoms with Gasteiger partial charge in [-0.05, 0) is 30.5 Å². The average molecular weight is 209 g/mol. The number of rotatable bonds is 5. The largest absolute Gasteiger partial charge is 0.478 e. The second-order valence-electron chi connectivity index (χ2n) is 3.26. The van der Waals surface area contributed by atoms with Crippen LogP contribution in [0.2, 0.25) is 0 Å². The third kappa shape index (κ3) is 2.95. The highest BCUT2D eigenvalue weighted by Gasteiger charge is 2.09. The molecule has 0 aliphatic rings. The molecular formula is C11H15NO3. The van der Waals surface area contributed by atoms with Gasteiger partial charge in [0.25, 0.3) is 0 Å². The molecule has 3 N–H and O–H groups in total. The van der Waals surface area contributed by atoms with Crippen molar-refractivity contribution in [1.29, 1.82) is 0 Å². The first-order chi connectivity index (χ1) is 7.19. The van der Waals surface area contributed by atoms with Crippen LogP contribution in [0.5, 0.6) is 0 Å². The van der Waals surface area contributed by atoms with Crippen molar-refractivity contribution in [2.75, 3.05) is 19.0 Å². The van der Waals surface area contributed by atoms with E-state index in [9.17, 15) is 4.79 Å².